The van der Waals surface area contributed by atoms with Crippen molar-refractivity contribution < 1.29 is 13.9 Å². The Labute approximate surface area is 163 Å². The molecule has 0 saturated heterocycles. The molecule has 3 aromatic rings. The molecule has 0 aliphatic rings. The van der Waals surface area contributed by atoms with Crippen LogP contribution in [0.25, 0.3) is 11.5 Å². The lowest BCUT2D eigenvalue weighted by atomic mass is 10.2. The van der Waals surface area contributed by atoms with E-state index in [9.17, 15) is 4.79 Å². The summed E-state index contributed by atoms with van der Waals surface area (Å²) in [4.78, 5) is 12.0. The SMILES string of the molecule is COc1ccc(-c2nnc(SCC(=O)Nc3ccc(Cl)cc3Cl)o2)cc1. The molecule has 0 radical (unpaired) electrons. The van der Waals surface area contributed by atoms with Crippen LogP contribution in [0, 0.1) is 0 Å². The average Bonchev–Trinajstić information content (AvgIpc) is 3.11. The first-order chi connectivity index (χ1) is 12.5. The van der Waals surface area contributed by atoms with Crippen LogP contribution in [0.5, 0.6) is 5.75 Å². The van der Waals surface area contributed by atoms with Gasteiger partial charge in [0.05, 0.1) is 23.6 Å². The molecular formula is C17H13Cl2N3O3S. The number of rotatable bonds is 6. The van der Waals surface area contributed by atoms with Gasteiger partial charge in [0.15, 0.2) is 0 Å². The number of carbonyl (C=O) groups is 1. The van der Waals surface area contributed by atoms with Crippen molar-refractivity contribution in [3.63, 3.8) is 0 Å². The molecule has 0 atom stereocenters. The number of methoxy groups -OCH3 is 1. The number of amides is 1. The van der Waals surface area contributed by atoms with Crippen LogP contribution in [0.1, 0.15) is 0 Å². The molecule has 0 unspecified atom stereocenters. The highest BCUT2D eigenvalue weighted by Gasteiger charge is 2.12. The Morgan fingerprint density at radius 2 is 1.96 bits per heavy atom. The quantitative estimate of drug-likeness (QED) is 0.590. The third-order valence-electron chi connectivity index (χ3n) is 3.28. The highest BCUT2D eigenvalue weighted by molar-refractivity contribution is 7.99. The third-order valence-corrected chi connectivity index (χ3v) is 4.64. The van der Waals surface area contributed by atoms with Crippen molar-refractivity contribution in [3.05, 3.63) is 52.5 Å². The summed E-state index contributed by atoms with van der Waals surface area (Å²) in [7, 11) is 1.60. The van der Waals surface area contributed by atoms with E-state index in [1.807, 2.05) is 12.1 Å². The van der Waals surface area contributed by atoms with E-state index in [4.69, 9.17) is 32.4 Å². The van der Waals surface area contributed by atoms with Crippen molar-refractivity contribution in [1.29, 1.82) is 0 Å². The normalized spacial score (nSPS) is 10.6. The molecule has 0 fully saturated rings. The van der Waals surface area contributed by atoms with E-state index in [-0.39, 0.29) is 11.7 Å². The number of halogens is 2. The Balaban J connectivity index is 1.58. The highest BCUT2D eigenvalue weighted by atomic mass is 35.5. The second-order valence-electron chi connectivity index (χ2n) is 5.06. The Morgan fingerprint density at radius 1 is 1.19 bits per heavy atom. The van der Waals surface area contributed by atoms with Crippen molar-refractivity contribution >= 4 is 46.6 Å². The second kappa shape index (κ2) is 8.44. The van der Waals surface area contributed by atoms with Crippen molar-refractivity contribution in [2.45, 2.75) is 5.22 Å². The van der Waals surface area contributed by atoms with Gasteiger partial charge in [0.25, 0.3) is 5.22 Å². The zero-order valence-corrected chi connectivity index (χ0v) is 15.9. The molecular weight excluding hydrogens is 397 g/mol. The Hall–Kier alpha value is -2.22. The van der Waals surface area contributed by atoms with E-state index in [1.165, 1.54) is 0 Å². The molecule has 0 aliphatic heterocycles. The molecule has 2 aromatic carbocycles. The van der Waals surface area contributed by atoms with E-state index < -0.39 is 0 Å². The summed E-state index contributed by atoms with van der Waals surface area (Å²) in [5.41, 5.74) is 1.26. The second-order valence-corrected chi connectivity index (χ2v) is 6.83. The van der Waals surface area contributed by atoms with Crippen molar-refractivity contribution in [1.82, 2.24) is 10.2 Å². The van der Waals surface area contributed by atoms with Crippen LogP contribution in [0.4, 0.5) is 5.69 Å². The number of carbonyl (C=O) groups excluding carboxylic acids is 1. The number of nitrogens with zero attached hydrogens (tertiary/aromatic N) is 2. The van der Waals surface area contributed by atoms with Gasteiger partial charge in [-0.25, -0.2) is 0 Å². The van der Waals surface area contributed by atoms with Gasteiger partial charge in [-0.3, -0.25) is 4.79 Å². The minimum Gasteiger partial charge on any atom is -0.497 e. The lowest BCUT2D eigenvalue weighted by molar-refractivity contribution is -0.113. The summed E-state index contributed by atoms with van der Waals surface area (Å²) < 4.78 is 10.7. The van der Waals surface area contributed by atoms with E-state index in [0.29, 0.717) is 26.8 Å². The molecule has 0 spiro atoms. The Bertz CT molecular complexity index is 916. The van der Waals surface area contributed by atoms with Crippen LogP contribution >= 0.6 is 35.0 Å². The van der Waals surface area contributed by atoms with Crippen LogP contribution in [-0.4, -0.2) is 29.0 Å². The van der Waals surface area contributed by atoms with E-state index >= 15 is 0 Å². The van der Waals surface area contributed by atoms with Crippen molar-refractivity contribution in [3.8, 4) is 17.2 Å². The molecule has 9 heteroatoms. The summed E-state index contributed by atoms with van der Waals surface area (Å²) in [5, 5.41) is 11.8. The fraction of sp³-hybridized carbons (Fsp3) is 0.118. The fourth-order valence-corrected chi connectivity index (χ4v) is 3.04. The van der Waals surface area contributed by atoms with Gasteiger partial charge in [-0.2, -0.15) is 0 Å². The summed E-state index contributed by atoms with van der Waals surface area (Å²) in [6.45, 7) is 0. The first-order valence-corrected chi connectivity index (χ1v) is 9.15. The number of anilines is 1. The zero-order chi connectivity index (χ0) is 18.5. The lowest BCUT2D eigenvalue weighted by Gasteiger charge is -2.06. The minimum absolute atomic E-state index is 0.100. The van der Waals surface area contributed by atoms with Crippen LogP contribution in [-0.2, 0) is 4.79 Å². The number of hydrogen-bond acceptors (Lipinski definition) is 6. The van der Waals surface area contributed by atoms with Gasteiger partial charge in [-0.05, 0) is 42.5 Å². The van der Waals surface area contributed by atoms with Crippen molar-refractivity contribution in [2.75, 3.05) is 18.2 Å². The first-order valence-electron chi connectivity index (χ1n) is 7.41. The van der Waals surface area contributed by atoms with Crippen molar-refractivity contribution in [2.24, 2.45) is 0 Å². The Morgan fingerprint density at radius 3 is 2.65 bits per heavy atom. The molecule has 1 N–H and O–H groups in total. The molecule has 0 saturated carbocycles. The molecule has 0 bridgehead atoms. The molecule has 1 amide bonds. The predicted octanol–water partition coefficient (Wildman–Crippen LogP) is 4.78. The fourth-order valence-electron chi connectivity index (χ4n) is 2.02. The van der Waals surface area contributed by atoms with Gasteiger partial charge in [0, 0.05) is 10.6 Å². The van der Waals surface area contributed by atoms with Gasteiger partial charge < -0.3 is 14.5 Å². The number of benzene rings is 2. The predicted molar refractivity (Wildman–Crippen MR) is 102 cm³/mol. The zero-order valence-electron chi connectivity index (χ0n) is 13.5. The van der Waals surface area contributed by atoms with Gasteiger partial charge in [-0.15, -0.1) is 10.2 Å². The number of hydrogen-bond donors (Lipinski definition) is 1. The van der Waals surface area contributed by atoms with Crippen LogP contribution in [0.15, 0.2) is 52.1 Å². The average molecular weight is 410 g/mol. The number of aromatic nitrogens is 2. The number of nitrogens with one attached hydrogen (secondary N) is 1. The van der Waals surface area contributed by atoms with Crippen LogP contribution in [0.3, 0.4) is 0 Å². The van der Waals surface area contributed by atoms with Gasteiger partial charge >= 0.3 is 0 Å². The Kier molecular flexibility index (Phi) is 6.03. The molecule has 0 aliphatic carbocycles. The molecule has 134 valence electrons. The largest absolute Gasteiger partial charge is 0.497 e. The summed E-state index contributed by atoms with van der Waals surface area (Å²) in [5.74, 6) is 0.962. The van der Waals surface area contributed by atoms with E-state index in [1.54, 1.807) is 37.4 Å². The molecule has 6 nitrogen and oxygen atoms in total. The standard InChI is InChI=1S/C17H13Cl2N3O3S/c1-24-12-5-2-10(3-6-12)16-21-22-17(25-16)26-9-15(23)20-14-7-4-11(18)8-13(14)19/h2-8H,9H2,1H3,(H,20,23). The summed E-state index contributed by atoms with van der Waals surface area (Å²) in [6, 6.07) is 12.1. The third kappa shape index (κ3) is 4.69. The van der Waals surface area contributed by atoms with Crippen LogP contribution < -0.4 is 10.1 Å². The maximum absolute atomic E-state index is 12.0. The molecule has 3 rings (SSSR count). The van der Waals surface area contributed by atoms with Crippen LogP contribution in [0.2, 0.25) is 10.0 Å². The lowest BCUT2D eigenvalue weighted by Crippen LogP contribution is -2.14. The minimum atomic E-state index is -0.247. The summed E-state index contributed by atoms with van der Waals surface area (Å²) in [6.07, 6.45) is 0. The summed E-state index contributed by atoms with van der Waals surface area (Å²) >= 11 is 13.0. The van der Waals surface area contributed by atoms with Gasteiger partial charge in [0.2, 0.25) is 11.8 Å². The monoisotopic (exact) mass is 409 g/mol. The molecule has 1 aromatic heterocycles. The van der Waals surface area contributed by atoms with Gasteiger partial charge in [0.1, 0.15) is 5.75 Å². The maximum atomic E-state index is 12.0. The van der Waals surface area contributed by atoms with Gasteiger partial charge in [-0.1, -0.05) is 35.0 Å². The maximum Gasteiger partial charge on any atom is 0.277 e. The highest BCUT2D eigenvalue weighted by Crippen LogP contribution is 2.27. The van der Waals surface area contributed by atoms with E-state index in [2.05, 4.69) is 15.5 Å². The number of thioether (sulfide) groups is 1. The van der Waals surface area contributed by atoms with E-state index in [0.717, 1.165) is 23.1 Å². The molecule has 1 heterocycles. The molecule has 26 heavy (non-hydrogen) atoms. The first kappa shape index (κ1) is 18.6. The topological polar surface area (TPSA) is 77.2 Å². The smallest absolute Gasteiger partial charge is 0.277 e. The number of ether oxygens (including phenoxy) is 1.